The monoisotopic (exact) mass is 295 g/mol. The van der Waals surface area contributed by atoms with E-state index < -0.39 is 0 Å². The highest BCUT2D eigenvalue weighted by molar-refractivity contribution is 5.47. The van der Waals surface area contributed by atoms with E-state index in [2.05, 4.69) is 6.07 Å². The van der Waals surface area contributed by atoms with Crippen molar-refractivity contribution in [3.8, 4) is 23.3 Å². The first-order chi connectivity index (χ1) is 10.7. The average Bonchev–Trinajstić information content (AvgIpc) is 3.00. The smallest absolute Gasteiger partial charge is 0.231 e. The van der Waals surface area contributed by atoms with Gasteiger partial charge < -0.3 is 14.2 Å². The molecule has 4 nitrogen and oxygen atoms in total. The molecular weight excluding hydrogens is 278 g/mol. The second-order valence-electron chi connectivity index (χ2n) is 5.32. The van der Waals surface area contributed by atoms with Crippen LogP contribution in [0, 0.1) is 18.3 Å². The van der Waals surface area contributed by atoms with Crippen molar-refractivity contribution in [2.24, 2.45) is 0 Å². The van der Waals surface area contributed by atoms with Gasteiger partial charge in [0.25, 0.3) is 0 Å². The summed E-state index contributed by atoms with van der Waals surface area (Å²) in [5, 5.41) is 9.58. The molecule has 0 amide bonds. The Bertz CT molecular complexity index is 734. The van der Waals surface area contributed by atoms with Crippen LogP contribution in [0.3, 0.4) is 0 Å². The molecule has 1 unspecified atom stereocenters. The Morgan fingerprint density at radius 2 is 2.00 bits per heavy atom. The number of ether oxygens (including phenoxy) is 3. The van der Waals surface area contributed by atoms with Crippen molar-refractivity contribution >= 4 is 0 Å². The molecule has 0 aliphatic carbocycles. The van der Waals surface area contributed by atoms with E-state index in [0.29, 0.717) is 6.42 Å². The zero-order valence-corrected chi connectivity index (χ0v) is 12.6. The van der Waals surface area contributed by atoms with Crippen LogP contribution in [0.4, 0.5) is 0 Å². The highest BCUT2D eigenvalue weighted by Gasteiger charge is 2.19. The summed E-state index contributed by atoms with van der Waals surface area (Å²) in [5.41, 5.74) is 3.07. The SMILES string of the molecule is COc1ccc(C)cc1C(C#N)Cc1ccc2c(c1)OCO2. The van der Waals surface area contributed by atoms with Gasteiger partial charge in [-0.2, -0.15) is 5.26 Å². The van der Waals surface area contributed by atoms with Crippen LogP contribution in [0.2, 0.25) is 0 Å². The molecule has 112 valence electrons. The van der Waals surface area contributed by atoms with Gasteiger partial charge in [0, 0.05) is 5.56 Å². The Balaban J connectivity index is 1.89. The molecule has 0 bridgehead atoms. The molecule has 4 heteroatoms. The number of nitrogens with zero attached hydrogens (tertiary/aromatic N) is 1. The lowest BCUT2D eigenvalue weighted by Crippen LogP contribution is -2.03. The molecule has 0 spiro atoms. The second kappa shape index (κ2) is 5.98. The molecule has 2 aromatic carbocycles. The molecule has 3 rings (SSSR count). The Labute approximate surface area is 129 Å². The van der Waals surface area contributed by atoms with Gasteiger partial charge in [-0.25, -0.2) is 0 Å². The molecule has 22 heavy (non-hydrogen) atoms. The van der Waals surface area contributed by atoms with Crippen molar-refractivity contribution in [1.82, 2.24) is 0 Å². The summed E-state index contributed by atoms with van der Waals surface area (Å²) < 4.78 is 16.1. The van der Waals surface area contributed by atoms with Crippen LogP contribution in [-0.2, 0) is 6.42 Å². The fourth-order valence-electron chi connectivity index (χ4n) is 2.65. The van der Waals surface area contributed by atoms with Crippen molar-refractivity contribution < 1.29 is 14.2 Å². The summed E-state index contributed by atoms with van der Waals surface area (Å²) in [6.07, 6.45) is 0.604. The van der Waals surface area contributed by atoms with E-state index in [1.54, 1.807) is 7.11 Å². The van der Waals surface area contributed by atoms with Crippen LogP contribution in [0.1, 0.15) is 22.6 Å². The first-order valence-corrected chi connectivity index (χ1v) is 7.14. The normalized spacial score (nSPS) is 13.5. The fourth-order valence-corrected chi connectivity index (χ4v) is 2.65. The summed E-state index contributed by atoms with van der Waals surface area (Å²) in [5.74, 6) is 1.98. The van der Waals surface area contributed by atoms with Gasteiger partial charge in [0.05, 0.1) is 19.1 Å². The number of fused-ring (bicyclic) bond motifs is 1. The highest BCUT2D eigenvalue weighted by atomic mass is 16.7. The van der Waals surface area contributed by atoms with Gasteiger partial charge in [-0.3, -0.25) is 0 Å². The molecular formula is C18H17NO3. The molecule has 1 aliphatic heterocycles. The first kappa shape index (κ1) is 14.3. The molecule has 2 aromatic rings. The maximum atomic E-state index is 9.58. The number of nitriles is 1. The highest BCUT2D eigenvalue weighted by Crippen LogP contribution is 2.35. The molecule has 0 saturated heterocycles. The maximum absolute atomic E-state index is 9.58. The largest absolute Gasteiger partial charge is 0.496 e. The van der Waals surface area contributed by atoms with Crippen LogP contribution in [0.5, 0.6) is 17.2 Å². The zero-order chi connectivity index (χ0) is 15.5. The van der Waals surface area contributed by atoms with E-state index >= 15 is 0 Å². The maximum Gasteiger partial charge on any atom is 0.231 e. The van der Waals surface area contributed by atoms with Gasteiger partial charge in [-0.1, -0.05) is 23.8 Å². The fraction of sp³-hybridized carbons (Fsp3) is 0.278. The van der Waals surface area contributed by atoms with E-state index in [0.717, 1.165) is 33.9 Å². The molecule has 1 heterocycles. The topological polar surface area (TPSA) is 51.5 Å². The van der Waals surface area contributed by atoms with E-state index in [9.17, 15) is 5.26 Å². The van der Waals surface area contributed by atoms with E-state index in [1.165, 1.54) is 0 Å². The van der Waals surface area contributed by atoms with Crippen LogP contribution < -0.4 is 14.2 Å². The predicted molar refractivity (Wildman–Crippen MR) is 82.4 cm³/mol. The van der Waals surface area contributed by atoms with Gasteiger partial charge in [0.2, 0.25) is 6.79 Å². The minimum Gasteiger partial charge on any atom is -0.496 e. The van der Waals surface area contributed by atoms with Crippen molar-refractivity contribution in [3.63, 3.8) is 0 Å². The quantitative estimate of drug-likeness (QED) is 0.865. The Morgan fingerprint density at radius 3 is 2.77 bits per heavy atom. The van der Waals surface area contributed by atoms with Gasteiger partial charge >= 0.3 is 0 Å². The number of rotatable bonds is 4. The van der Waals surface area contributed by atoms with Gasteiger partial charge in [0.1, 0.15) is 5.75 Å². The summed E-state index contributed by atoms with van der Waals surface area (Å²) in [6.45, 7) is 2.27. The van der Waals surface area contributed by atoms with Gasteiger partial charge in [-0.15, -0.1) is 0 Å². The lowest BCUT2D eigenvalue weighted by atomic mass is 9.91. The number of aryl methyl sites for hydroxylation is 1. The summed E-state index contributed by atoms with van der Waals surface area (Å²) in [7, 11) is 1.63. The van der Waals surface area contributed by atoms with Gasteiger partial charge in [0.15, 0.2) is 11.5 Å². The van der Waals surface area contributed by atoms with Crippen LogP contribution >= 0.6 is 0 Å². The lowest BCUT2D eigenvalue weighted by Gasteiger charge is -2.15. The molecule has 0 aromatic heterocycles. The molecule has 0 fully saturated rings. The summed E-state index contributed by atoms with van der Waals surface area (Å²) >= 11 is 0. The van der Waals surface area contributed by atoms with Crippen LogP contribution in [-0.4, -0.2) is 13.9 Å². The lowest BCUT2D eigenvalue weighted by molar-refractivity contribution is 0.174. The third-order valence-corrected chi connectivity index (χ3v) is 3.79. The number of methoxy groups -OCH3 is 1. The predicted octanol–water partition coefficient (Wildman–Crippen LogP) is 3.58. The third kappa shape index (κ3) is 2.71. The van der Waals surface area contributed by atoms with Gasteiger partial charge in [-0.05, 0) is 37.1 Å². The molecule has 0 radical (unpaired) electrons. The minimum atomic E-state index is -0.268. The average molecular weight is 295 g/mol. The Morgan fingerprint density at radius 1 is 1.18 bits per heavy atom. The molecule has 0 saturated carbocycles. The van der Waals surface area contributed by atoms with Crippen molar-refractivity contribution in [2.45, 2.75) is 19.3 Å². The van der Waals surface area contributed by atoms with Crippen molar-refractivity contribution in [2.75, 3.05) is 13.9 Å². The zero-order valence-electron chi connectivity index (χ0n) is 12.6. The molecule has 0 N–H and O–H groups in total. The minimum absolute atomic E-state index is 0.256. The van der Waals surface area contributed by atoms with E-state index in [-0.39, 0.29) is 12.7 Å². The molecule has 1 atom stereocenters. The standard InChI is InChI=1S/C18H17NO3/c1-12-3-5-16(20-2)15(7-12)14(10-19)8-13-4-6-17-18(9-13)22-11-21-17/h3-7,9,14H,8,11H2,1-2H3. The van der Waals surface area contributed by atoms with Crippen LogP contribution in [0.25, 0.3) is 0 Å². The number of benzene rings is 2. The number of hydrogen-bond donors (Lipinski definition) is 0. The number of hydrogen-bond acceptors (Lipinski definition) is 4. The molecule has 1 aliphatic rings. The van der Waals surface area contributed by atoms with E-state index in [1.807, 2.05) is 43.3 Å². The summed E-state index contributed by atoms with van der Waals surface area (Å²) in [6, 6.07) is 14.1. The van der Waals surface area contributed by atoms with Crippen molar-refractivity contribution in [1.29, 1.82) is 5.26 Å². The first-order valence-electron chi connectivity index (χ1n) is 7.14. The van der Waals surface area contributed by atoms with Crippen molar-refractivity contribution in [3.05, 3.63) is 53.1 Å². The van der Waals surface area contributed by atoms with Crippen LogP contribution in [0.15, 0.2) is 36.4 Å². The Kier molecular flexibility index (Phi) is 3.88. The third-order valence-electron chi connectivity index (χ3n) is 3.79. The van der Waals surface area contributed by atoms with E-state index in [4.69, 9.17) is 14.2 Å². The second-order valence-corrected chi connectivity index (χ2v) is 5.32. The Hall–Kier alpha value is -2.67. The summed E-state index contributed by atoms with van der Waals surface area (Å²) in [4.78, 5) is 0.